The largest absolute Gasteiger partial charge is 0.348 e. The molecule has 5 heteroatoms. The van der Waals surface area contributed by atoms with Crippen molar-refractivity contribution < 1.29 is 4.79 Å². The van der Waals surface area contributed by atoms with Gasteiger partial charge in [0.15, 0.2) is 0 Å². The predicted molar refractivity (Wildman–Crippen MR) is 59.1 cm³/mol. The molecule has 1 aromatic heterocycles. The molecule has 0 aliphatic heterocycles. The highest BCUT2D eigenvalue weighted by molar-refractivity contribution is 5.92. The molecule has 2 rings (SSSR count). The zero-order chi connectivity index (χ0) is 11.5. The van der Waals surface area contributed by atoms with E-state index in [0.29, 0.717) is 12.0 Å². The Balaban J connectivity index is 1.89. The van der Waals surface area contributed by atoms with Crippen molar-refractivity contribution >= 4 is 5.91 Å². The van der Waals surface area contributed by atoms with Crippen LogP contribution in [0, 0.1) is 5.92 Å². The summed E-state index contributed by atoms with van der Waals surface area (Å²) in [6.07, 6.45) is 3.36. The van der Waals surface area contributed by atoms with E-state index < -0.39 is 0 Å². The van der Waals surface area contributed by atoms with E-state index in [4.69, 9.17) is 0 Å². The van der Waals surface area contributed by atoms with Gasteiger partial charge in [0.25, 0.3) is 11.5 Å². The Labute approximate surface area is 93.3 Å². The summed E-state index contributed by atoms with van der Waals surface area (Å²) in [5, 5.41) is 8.83. The SMILES string of the molecule is CCCC1CC1NC(=O)c1ccc(=O)[nH]n1. The maximum atomic E-state index is 11.7. The molecule has 0 aromatic carbocycles. The normalized spacial score (nSPS) is 22.8. The quantitative estimate of drug-likeness (QED) is 0.785. The lowest BCUT2D eigenvalue weighted by Crippen LogP contribution is -2.28. The van der Waals surface area contributed by atoms with Gasteiger partial charge in [0.1, 0.15) is 5.69 Å². The number of aromatic nitrogens is 2. The Kier molecular flexibility index (Phi) is 3.03. The molecule has 1 aliphatic carbocycles. The van der Waals surface area contributed by atoms with Gasteiger partial charge in [-0.3, -0.25) is 9.59 Å². The average molecular weight is 221 g/mol. The van der Waals surface area contributed by atoms with Crippen LogP contribution in [0.15, 0.2) is 16.9 Å². The fraction of sp³-hybridized carbons (Fsp3) is 0.545. The third-order valence-electron chi connectivity index (χ3n) is 2.81. The van der Waals surface area contributed by atoms with Crippen molar-refractivity contribution in [2.75, 3.05) is 0 Å². The highest BCUT2D eigenvalue weighted by atomic mass is 16.2. The molecule has 2 unspecified atom stereocenters. The zero-order valence-electron chi connectivity index (χ0n) is 9.19. The van der Waals surface area contributed by atoms with Gasteiger partial charge in [-0.2, -0.15) is 5.10 Å². The van der Waals surface area contributed by atoms with E-state index in [1.54, 1.807) is 0 Å². The second kappa shape index (κ2) is 4.47. The van der Waals surface area contributed by atoms with Gasteiger partial charge in [-0.1, -0.05) is 13.3 Å². The molecule has 1 aromatic rings. The van der Waals surface area contributed by atoms with Crippen molar-refractivity contribution in [3.8, 4) is 0 Å². The fourth-order valence-electron chi connectivity index (χ4n) is 1.83. The summed E-state index contributed by atoms with van der Waals surface area (Å²) in [6, 6.07) is 3.03. The molecular formula is C11H15N3O2. The van der Waals surface area contributed by atoms with Gasteiger partial charge in [0, 0.05) is 12.1 Å². The van der Waals surface area contributed by atoms with Gasteiger partial charge in [-0.05, 0) is 24.8 Å². The number of nitrogens with one attached hydrogen (secondary N) is 2. The van der Waals surface area contributed by atoms with Gasteiger partial charge in [-0.25, -0.2) is 5.10 Å². The molecule has 2 N–H and O–H groups in total. The van der Waals surface area contributed by atoms with E-state index in [0.717, 1.165) is 19.3 Å². The van der Waals surface area contributed by atoms with Crippen molar-refractivity contribution in [1.82, 2.24) is 15.5 Å². The van der Waals surface area contributed by atoms with E-state index in [2.05, 4.69) is 22.4 Å². The number of H-pyrrole nitrogens is 1. The maximum Gasteiger partial charge on any atom is 0.271 e. The smallest absolute Gasteiger partial charge is 0.271 e. The predicted octanol–water partition coefficient (Wildman–Crippen LogP) is 0.688. The van der Waals surface area contributed by atoms with E-state index >= 15 is 0 Å². The van der Waals surface area contributed by atoms with Crippen LogP contribution < -0.4 is 10.9 Å². The third kappa shape index (κ3) is 2.48. The molecule has 5 nitrogen and oxygen atoms in total. The molecule has 1 heterocycles. The lowest BCUT2D eigenvalue weighted by molar-refractivity contribution is 0.0942. The van der Waals surface area contributed by atoms with Crippen LogP contribution in [0.5, 0.6) is 0 Å². The molecule has 1 aliphatic rings. The standard InChI is InChI=1S/C11H15N3O2/c1-2-3-7-6-9(7)12-11(16)8-4-5-10(15)14-13-8/h4-5,7,9H,2-3,6H2,1H3,(H,12,16)(H,14,15). The van der Waals surface area contributed by atoms with E-state index in [-0.39, 0.29) is 17.2 Å². The summed E-state index contributed by atoms with van der Waals surface area (Å²) >= 11 is 0. The number of aromatic amines is 1. The van der Waals surface area contributed by atoms with Crippen molar-refractivity contribution in [2.45, 2.75) is 32.2 Å². The van der Waals surface area contributed by atoms with Crippen LogP contribution in [0.2, 0.25) is 0 Å². The van der Waals surface area contributed by atoms with Gasteiger partial charge >= 0.3 is 0 Å². The minimum Gasteiger partial charge on any atom is -0.348 e. The topological polar surface area (TPSA) is 74.8 Å². The second-order valence-corrected chi connectivity index (χ2v) is 4.17. The number of hydrogen-bond donors (Lipinski definition) is 2. The van der Waals surface area contributed by atoms with Crippen molar-refractivity contribution in [2.24, 2.45) is 5.92 Å². The van der Waals surface area contributed by atoms with Crippen LogP contribution in [-0.2, 0) is 0 Å². The van der Waals surface area contributed by atoms with E-state index in [9.17, 15) is 9.59 Å². The number of carbonyl (C=O) groups is 1. The molecule has 1 fully saturated rings. The molecule has 0 radical (unpaired) electrons. The second-order valence-electron chi connectivity index (χ2n) is 4.17. The van der Waals surface area contributed by atoms with Crippen LogP contribution in [0.3, 0.4) is 0 Å². The monoisotopic (exact) mass is 221 g/mol. The van der Waals surface area contributed by atoms with Crippen LogP contribution in [0.1, 0.15) is 36.7 Å². The fourth-order valence-corrected chi connectivity index (χ4v) is 1.83. The summed E-state index contributed by atoms with van der Waals surface area (Å²) in [4.78, 5) is 22.4. The van der Waals surface area contributed by atoms with Crippen LogP contribution in [-0.4, -0.2) is 22.1 Å². The van der Waals surface area contributed by atoms with Crippen molar-refractivity contribution in [1.29, 1.82) is 0 Å². The van der Waals surface area contributed by atoms with Crippen LogP contribution in [0.4, 0.5) is 0 Å². The molecule has 0 bridgehead atoms. The van der Waals surface area contributed by atoms with E-state index in [1.165, 1.54) is 12.1 Å². The van der Waals surface area contributed by atoms with Crippen molar-refractivity contribution in [3.63, 3.8) is 0 Å². The Morgan fingerprint density at radius 2 is 2.44 bits per heavy atom. The summed E-state index contributed by atoms with van der Waals surface area (Å²) < 4.78 is 0. The lowest BCUT2D eigenvalue weighted by atomic mass is 10.2. The van der Waals surface area contributed by atoms with Gasteiger partial charge in [-0.15, -0.1) is 0 Å². The van der Waals surface area contributed by atoms with Gasteiger partial charge in [0.05, 0.1) is 0 Å². The lowest BCUT2D eigenvalue weighted by Gasteiger charge is -2.02. The Morgan fingerprint density at radius 3 is 3.06 bits per heavy atom. The first kappa shape index (κ1) is 10.9. The highest BCUT2D eigenvalue weighted by Gasteiger charge is 2.37. The molecular weight excluding hydrogens is 206 g/mol. The number of amides is 1. The number of carbonyl (C=O) groups excluding carboxylic acids is 1. The number of nitrogens with zero attached hydrogens (tertiary/aromatic N) is 1. The zero-order valence-corrected chi connectivity index (χ0v) is 9.19. The molecule has 0 spiro atoms. The van der Waals surface area contributed by atoms with Gasteiger partial charge < -0.3 is 5.32 Å². The Hall–Kier alpha value is -1.65. The van der Waals surface area contributed by atoms with Crippen LogP contribution in [0.25, 0.3) is 0 Å². The molecule has 16 heavy (non-hydrogen) atoms. The minimum atomic E-state index is -0.299. The molecule has 2 atom stereocenters. The Morgan fingerprint density at radius 1 is 1.62 bits per heavy atom. The molecule has 86 valence electrons. The first-order valence-corrected chi connectivity index (χ1v) is 5.57. The highest BCUT2D eigenvalue weighted by Crippen LogP contribution is 2.34. The number of hydrogen-bond acceptors (Lipinski definition) is 3. The molecule has 1 amide bonds. The van der Waals surface area contributed by atoms with Crippen molar-refractivity contribution in [3.05, 3.63) is 28.2 Å². The maximum absolute atomic E-state index is 11.7. The number of rotatable bonds is 4. The summed E-state index contributed by atoms with van der Waals surface area (Å²) in [7, 11) is 0. The minimum absolute atomic E-state index is 0.208. The summed E-state index contributed by atoms with van der Waals surface area (Å²) in [6.45, 7) is 2.14. The first-order chi connectivity index (χ1) is 7.70. The van der Waals surface area contributed by atoms with Crippen LogP contribution >= 0.6 is 0 Å². The molecule has 1 saturated carbocycles. The molecule has 0 saturated heterocycles. The Bertz CT molecular complexity index is 421. The summed E-state index contributed by atoms with van der Waals surface area (Å²) in [5.74, 6) is 0.413. The first-order valence-electron chi connectivity index (χ1n) is 5.57. The summed E-state index contributed by atoms with van der Waals surface area (Å²) in [5.41, 5.74) is -0.0337. The van der Waals surface area contributed by atoms with Gasteiger partial charge in [0.2, 0.25) is 0 Å². The third-order valence-corrected chi connectivity index (χ3v) is 2.81. The average Bonchev–Trinajstić information content (AvgIpc) is 2.98. The van der Waals surface area contributed by atoms with E-state index in [1.807, 2.05) is 0 Å².